The molecular weight excluding hydrogens is 595 g/mol. The van der Waals surface area contributed by atoms with Gasteiger partial charge in [-0.2, -0.15) is 0 Å². The molecule has 1 N–H and O–H groups in total. The van der Waals surface area contributed by atoms with Gasteiger partial charge < -0.3 is 10.2 Å². The molecule has 0 aromatic heterocycles. The van der Waals surface area contributed by atoms with E-state index < -0.39 is 28.5 Å². The second-order valence-electron chi connectivity index (χ2n) is 11.9. The Kier molecular flexibility index (Phi) is 12.1. The average Bonchev–Trinajstić information content (AvgIpc) is 3.06. The minimum absolute atomic E-state index is 0.0825. The zero-order valence-corrected chi connectivity index (χ0v) is 28.0. The predicted molar refractivity (Wildman–Crippen MR) is 185 cm³/mol. The van der Waals surface area contributed by atoms with Crippen molar-refractivity contribution in [2.24, 2.45) is 0 Å². The van der Waals surface area contributed by atoms with Crippen LogP contribution in [0.1, 0.15) is 61.8 Å². The fourth-order valence-corrected chi connectivity index (χ4v) is 6.78. The number of anilines is 1. The fraction of sp³-hybridized carbons (Fsp3) is 0.316. The van der Waals surface area contributed by atoms with Gasteiger partial charge in [0.2, 0.25) is 11.8 Å². The molecule has 0 aliphatic carbocycles. The Balaban J connectivity index is 1.79. The van der Waals surface area contributed by atoms with E-state index in [0.717, 1.165) is 39.4 Å². The molecule has 2 amide bonds. The minimum Gasteiger partial charge on any atom is -0.354 e. The maximum Gasteiger partial charge on any atom is 0.264 e. The van der Waals surface area contributed by atoms with Gasteiger partial charge in [0.1, 0.15) is 12.6 Å². The lowest BCUT2D eigenvalue weighted by atomic mass is 10.0. The van der Waals surface area contributed by atoms with Crippen LogP contribution in [0.4, 0.5) is 5.69 Å². The van der Waals surface area contributed by atoms with Crippen LogP contribution in [0, 0.1) is 6.92 Å². The number of unbranched alkanes of at least 4 members (excludes halogenated alkanes) is 1. The molecule has 0 bridgehead atoms. The Hall–Kier alpha value is -4.43. The molecule has 0 aliphatic rings. The first-order valence-electron chi connectivity index (χ1n) is 15.9. The largest absolute Gasteiger partial charge is 0.354 e. The second-order valence-corrected chi connectivity index (χ2v) is 13.8. The molecular formula is C38H45N3O4S. The van der Waals surface area contributed by atoms with Crippen LogP contribution in [0.3, 0.4) is 0 Å². The van der Waals surface area contributed by atoms with Crippen LogP contribution >= 0.6 is 0 Å². The highest BCUT2D eigenvalue weighted by Gasteiger charge is 2.34. The van der Waals surface area contributed by atoms with Crippen LogP contribution in [0.5, 0.6) is 0 Å². The SMILES string of the molecule is CCCCNC(=O)[C@H](Cc1ccccc1)N(Cc1cccc(C)c1)C(=O)CN(c1ccc(C(C)C)cc1)S(=O)(=O)c1ccccc1. The summed E-state index contributed by atoms with van der Waals surface area (Å²) in [6.07, 6.45) is 2.01. The number of nitrogens with zero attached hydrogens (tertiary/aromatic N) is 2. The number of rotatable bonds is 15. The lowest BCUT2D eigenvalue weighted by Gasteiger charge is -2.34. The van der Waals surface area contributed by atoms with Crippen LogP contribution in [0.2, 0.25) is 0 Å². The van der Waals surface area contributed by atoms with E-state index >= 15 is 0 Å². The number of carbonyl (C=O) groups is 2. The Morgan fingerprint density at radius 1 is 0.804 bits per heavy atom. The number of nitrogens with one attached hydrogen (secondary N) is 1. The maximum absolute atomic E-state index is 14.6. The smallest absolute Gasteiger partial charge is 0.264 e. The number of hydrogen-bond donors (Lipinski definition) is 1. The van der Waals surface area contributed by atoms with E-state index in [0.29, 0.717) is 12.2 Å². The summed E-state index contributed by atoms with van der Waals surface area (Å²) in [5, 5.41) is 3.03. The van der Waals surface area contributed by atoms with E-state index in [2.05, 4.69) is 26.1 Å². The highest BCUT2D eigenvalue weighted by molar-refractivity contribution is 7.92. The van der Waals surface area contributed by atoms with Gasteiger partial charge in [0.05, 0.1) is 10.6 Å². The van der Waals surface area contributed by atoms with Crippen molar-refractivity contribution in [3.63, 3.8) is 0 Å². The molecule has 4 rings (SSSR count). The highest BCUT2D eigenvalue weighted by atomic mass is 32.2. The monoisotopic (exact) mass is 639 g/mol. The van der Waals surface area contributed by atoms with Gasteiger partial charge in [0, 0.05) is 19.5 Å². The molecule has 0 aliphatic heterocycles. The standard InChI is InChI=1S/C38H45N3O4S/c1-5-6-24-39-38(43)36(26-31-15-9-7-10-16-31)40(27-32-17-13-14-30(4)25-32)37(42)28-41(34-22-20-33(21-23-34)29(2)3)46(44,45)35-18-11-8-12-19-35/h7-23,25,29,36H,5-6,24,26-28H2,1-4H3,(H,39,43)/t36-/m0/s1. The van der Waals surface area contributed by atoms with Crippen LogP contribution in [-0.4, -0.2) is 44.3 Å². The molecule has 0 heterocycles. The summed E-state index contributed by atoms with van der Waals surface area (Å²) < 4.78 is 29.5. The predicted octanol–water partition coefficient (Wildman–Crippen LogP) is 6.87. The molecule has 0 unspecified atom stereocenters. The van der Waals surface area contributed by atoms with Gasteiger partial charge in [-0.3, -0.25) is 13.9 Å². The quantitative estimate of drug-likeness (QED) is 0.144. The molecule has 7 nitrogen and oxygen atoms in total. The van der Waals surface area contributed by atoms with Crippen molar-refractivity contribution in [2.45, 2.75) is 70.4 Å². The van der Waals surface area contributed by atoms with Gasteiger partial charge in [-0.15, -0.1) is 0 Å². The number of sulfonamides is 1. The summed E-state index contributed by atoms with van der Waals surface area (Å²) in [7, 11) is -4.13. The molecule has 0 saturated carbocycles. The number of benzene rings is 4. The first kappa shape index (κ1) is 34.4. The Morgan fingerprint density at radius 3 is 2.04 bits per heavy atom. The molecule has 8 heteroatoms. The summed E-state index contributed by atoms with van der Waals surface area (Å²) in [4.78, 5) is 30.1. The third kappa shape index (κ3) is 9.07. The summed E-state index contributed by atoms with van der Waals surface area (Å²) >= 11 is 0. The van der Waals surface area contributed by atoms with Crippen molar-refractivity contribution in [2.75, 3.05) is 17.4 Å². The van der Waals surface area contributed by atoms with Gasteiger partial charge in [0.15, 0.2) is 0 Å². The first-order valence-corrected chi connectivity index (χ1v) is 17.4. The van der Waals surface area contributed by atoms with Crippen molar-refractivity contribution >= 4 is 27.5 Å². The van der Waals surface area contributed by atoms with Crippen LogP contribution in [0.15, 0.2) is 114 Å². The van der Waals surface area contributed by atoms with Gasteiger partial charge in [-0.05, 0) is 60.2 Å². The zero-order valence-electron chi connectivity index (χ0n) is 27.2. The maximum atomic E-state index is 14.6. The first-order chi connectivity index (χ1) is 22.1. The third-order valence-electron chi connectivity index (χ3n) is 7.99. The Bertz CT molecular complexity index is 1670. The van der Waals surface area contributed by atoms with Gasteiger partial charge in [0.25, 0.3) is 10.0 Å². The topological polar surface area (TPSA) is 86.8 Å². The van der Waals surface area contributed by atoms with Gasteiger partial charge in [-0.1, -0.05) is 118 Å². The fourth-order valence-electron chi connectivity index (χ4n) is 5.34. The summed E-state index contributed by atoms with van der Waals surface area (Å²) in [6, 6.07) is 31.9. The van der Waals surface area contributed by atoms with Gasteiger partial charge in [-0.25, -0.2) is 8.42 Å². The molecule has 242 valence electrons. The molecule has 0 fully saturated rings. The molecule has 1 atom stereocenters. The molecule has 0 spiro atoms. The summed E-state index contributed by atoms with van der Waals surface area (Å²) in [6.45, 7) is 8.32. The van der Waals surface area contributed by atoms with E-state index in [9.17, 15) is 18.0 Å². The zero-order chi connectivity index (χ0) is 33.1. The number of amides is 2. The van der Waals surface area contributed by atoms with Crippen LogP contribution < -0.4 is 9.62 Å². The van der Waals surface area contributed by atoms with Gasteiger partial charge >= 0.3 is 0 Å². The molecule has 0 saturated heterocycles. The molecule has 46 heavy (non-hydrogen) atoms. The molecule has 0 radical (unpaired) electrons. The van der Waals surface area contributed by atoms with E-state index in [1.165, 1.54) is 12.1 Å². The number of carbonyl (C=O) groups excluding carboxylic acids is 2. The minimum atomic E-state index is -4.13. The highest BCUT2D eigenvalue weighted by Crippen LogP contribution is 2.27. The van der Waals surface area contributed by atoms with Crippen molar-refractivity contribution in [1.82, 2.24) is 10.2 Å². The van der Waals surface area contributed by atoms with E-state index in [1.54, 1.807) is 35.2 Å². The number of hydrogen-bond acceptors (Lipinski definition) is 4. The Morgan fingerprint density at radius 2 is 1.43 bits per heavy atom. The van der Waals surface area contributed by atoms with Crippen molar-refractivity contribution < 1.29 is 18.0 Å². The molecule has 4 aromatic rings. The summed E-state index contributed by atoms with van der Waals surface area (Å²) in [5.41, 5.74) is 4.21. The van der Waals surface area contributed by atoms with Crippen molar-refractivity contribution in [3.8, 4) is 0 Å². The van der Waals surface area contributed by atoms with Crippen LogP contribution in [0.25, 0.3) is 0 Å². The average molecular weight is 640 g/mol. The lowest BCUT2D eigenvalue weighted by Crippen LogP contribution is -2.53. The van der Waals surface area contributed by atoms with Crippen molar-refractivity contribution in [3.05, 3.63) is 131 Å². The lowest BCUT2D eigenvalue weighted by molar-refractivity contribution is -0.140. The van der Waals surface area contributed by atoms with Crippen LogP contribution in [-0.2, 0) is 32.6 Å². The second kappa shape index (κ2) is 16.2. The Labute approximate surface area is 274 Å². The van der Waals surface area contributed by atoms with E-state index in [4.69, 9.17) is 0 Å². The third-order valence-corrected chi connectivity index (χ3v) is 9.78. The summed E-state index contributed by atoms with van der Waals surface area (Å²) in [5.74, 6) is -0.484. The van der Waals surface area contributed by atoms with E-state index in [1.807, 2.05) is 73.7 Å². The number of aryl methyl sites for hydroxylation is 1. The van der Waals surface area contributed by atoms with Crippen molar-refractivity contribution in [1.29, 1.82) is 0 Å². The normalized spacial score (nSPS) is 12.0. The van der Waals surface area contributed by atoms with E-state index in [-0.39, 0.29) is 29.7 Å². The molecule has 4 aromatic carbocycles.